The van der Waals surface area contributed by atoms with Crippen LogP contribution in [0.5, 0.6) is 5.75 Å². The van der Waals surface area contributed by atoms with Gasteiger partial charge in [-0.2, -0.15) is 0 Å². The van der Waals surface area contributed by atoms with Crippen molar-refractivity contribution in [2.45, 2.75) is 25.3 Å². The van der Waals surface area contributed by atoms with Crippen LogP contribution >= 0.6 is 0 Å². The van der Waals surface area contributed by atoms with Crippen LogP contribution in [0.25, 0.3) is 10.8 Å². The van der Waals surface area contributed by atoms with E-state index in [0.29, 0.717) is 13.0 Å². The molecule has 0 saturated carbocycles. The van der Waals surface area contributed by atoms with E-state index >= 15 is 0 Å². The smallest absolute Gasteiger partial charge is 0.328 e. The van der Waals surface area contributed by atoms with E-state index in [9.17, 15) is 14.4 Å². The van der Waals surface area contributed by atoms with E-state index in [1.165, 1.54) is 14.2 Å². The maximum Gasteiger partial charge on any atom is 0.328 e. The Labute approximate surface area is 157 Å². The van der Waals surface area contributed by atoms with Crippen LogP contribution in [0.2, 0.25) is 0 Å². The zero-order chi connectivity index (χ0) is 19.6. The molecule has 0 aliphatic rings. The standard InChI is InChI=1S/C20H23NO6/c1-25-19(23)13-16(20(24)26-2)21-18(22)11-6-12-27-17-10-5-8-14-7-3-4-9-15(14)17/h3-5,7-10,16H,6,11-13H2,1-2H3,(H,21,22)/t16-/m0/s1. The average Bonchev–Trinajstić information content (AvgIpc) is 2.70. The molecule has 0 bridgehead atoms. The number of carbonyl (C=O) groups is 3. The van der Waals surface area contributed by atoms with Gasteiger partial charge in [0.15, 0.2) is 0 Å². The fourth-order valence-electron chi connectivity index (χ4n) is 2.59. The van der Waals surface area contributed by atoms with Crippen molar-refractivity contribution in [3.63, 3.8) is 0 Å². The first-order chi connectivity index (χ1) is 13.0. The van der Waals surface area contributed by atoms with Gasteiger partial charge in [0.05, 0.1) is 27.2 Å². The quantitative estimate of drug-likeness (QED) is 0.535. The van der Waals surface area contributed by atoms with Crippen LogP contribution < -0.4 is 10.1 Å². The number of fused-ring (bicyclic) bond motifs is 1. The molecule has 2 aromatic carbocycles. The minimum atomic E-state index is -1.06. The van der Waals surface area contributed by atoms with Gasteiger partial charge in [0.1, 0.15) is 11.8 Å². The Morgan fingerprint density at radius 2 is 1.74 bits per heavy atom. The first-order valence-corrected chi connectivity index (χ1v) is 8.59. The first-order valence-electron chi connectivity index (χ1n) is 8.59. The van der Waals surface area contributed by atoms with Crippen LogP contribution in [0.1, 0.15) is 19.3 Å². The van der Waals surface area contributed by atoms with Gasteiger partial charge < -0.3 is 19.5 Å². The van der Waals surface area contributed by atoms with E-state index in [1.54, 1.807) is 0 Å². The van der Waals surface area contributed by atoms with Gasteiger partial charge in [-0.25, -0.2) is 4.79 Å². The Balaban J connectivity index is 1.82. The largest absolute Gasteiger partial charge is 0.493 e. The highest BCUT2D eigenvalue weighted by atomic mass is 16.5. The molecule has 27 heavy (non-hydrogen) atoms. The lowest BCUT2D eigenvalue weighted by atomic mass is 10.1. The van der Waals surface area contributed by atoms with Gasteiger partial charge in [0.25, 0.3) is 0 Å². The summed E-state index contributed by atoms with van der Waals surface area (Å²) in [6, 6.07) is 12.6. The molecule has 0 aliphatic heterocycles. The van der Waals surface area contributed by atoms with Gasteiger partial charge >= 0.3 is 11.9 Å². The zero-order valence-electron chi connectivity index (χ0n) is 15.4. The van der Waals surface area contributed by atoms with Crippen LogP contribution in [0.4, 0.5) is 0 Å². The lowest BCUT2D eigenvalue weighted by Gasteiger charge is -2.15. The highest BCUT2D eigenvalue weighted by Gasteiger charge is 2.24. The summed E-state index contributed by atoms with van der Waals surface area (Å²) >= 11 is 0. The molecule has 0 radical (unpaired) electrons. The number of methoxy groups -OCH3 is 2. The summed E-state index contributed by atoms with van der Waals surface area (Å²) in [6.07, 6.45) is 0.335. The minimum absolute atomic E-state index is 0.152. The molecular formula is C20H23NO6. The molecule has 2 aromatic rings. The molecule has 7 heteroatoms. The second-order valence-corrected chi connectivity index (χ2v) is 5.85. The Hall–Kier alpha value is -3.09. The summed E-state index contributed by atoms with van der Waals surface area (Å²) in [6.45, 7) is 0.349. The molecule has 1 N–H and O–H groups in total. The number of nitrogens with one attached hydrogen (secondary N) is 1. The average molecular weight is 373 g/mol. The molecule has 1 atom stereocenters. The second kappa shape index (κ2) is 10.2. The second-order valence-electron chi connectivity index (χ2n) is 5.85. The van der Waals surface area contributed by atoms with E-state index in [4.69, 9.17) is 4.74 Å². The first kappa shape index (κ1) is 20.2. The minimum Gasteiger partial charge on any atom is -0.493 e. The van der Waals surface area contributed by atoms with E-state index in [2.05, 4.69) is 14.8 Å². The summed E-state index contributed by atoms with van der Waals surface area (Å²) < 4.78 is 14.9. The lowest BCUT2D eigenvalue weighted by molar-refractivity contribution is -0.150. The molecule has 1 amide bonds. The van der Waals surface area contributed by atoms with Crippen molar-refractivity contribution >= 4 is 28.6 Å². The van der Waals surface area contributed by atoms with Crippen molar-refractivity contribution in [2.75, 3.05) is 20.8 Å². The predicted molar refractivity (Wildman–Crippen MR) is 99.3 cm³/mol. The van der Waals surface area contributed by atoms with Gasteiger partial charge in [0.2, 0.25) is 5.91 Å². The van der Waals surface area contributed by atoms with Gasteiger partial charge in [-0.3, -0.25) is 9.59 Å². The number of benzene rings is 2. The highest BCUT2D eigenvalue weighted by molar-refractivity contribution is 5.89. The van der Waals surface area contributed by atoms with E-state index in [0.717, 1.165) is 16.5 Å². The van der Waals surface area contributed by atoms with Gasteiger partial charge in [-0.15, -0.1) is 0 Å². The summed E-state index contributed by atoms with van der Waals surface area (Å²) in [5, 5.41) is 4.58. The molecule has 0 fully saturated rings. The molecule has 0 saturated heterocycles. The topological polar surface area (TPSA) is 90.9 Å². The number of rotatable bonds is 9. The van der Waals surface area contributed by atoms with Crippen LogP contribution in [0.3, 0.4) is 0 Å². The summed E-state index contributed by atoms with van der Waals surface area (Å²) in [5.41, 5.74) is 0. The van der Waals surface area contributed by atoms with E-state index in [1.807, 2.05) is 42.5 Å². The SMILES string of the molecule is COC(=O)C[C@H](NC(=O)CCCOc1cccc2ccccc12)C(=O)OC. The molecule has 0 unspecified atom stereocenters. The van der Waals surface area contributed by atoms with Gasteiger partial charge in [-0.05, 0) is 17.9 Å². The molecule has 2 rings (SSSR count). The molecule has 144 valence electrons. The molecular weight excluding hydrogens is 350 g/mol. The molecule has 7 nitrogen and oxygen atoms in total. The number of ether oxygens (including phenoxy) is 3. The number of carbonyl (C=O) groups excluding carboxylic acids is 3. The number of hydrogen-bond donors (Lipinski definition) is 1. The monoisotopic (exact) mass is 373 g/mol. The normalized spacial score (nSPS) is 11.5. The predicted octanol–water partition coefficient (Wildman–Crippen LogP) is 2.22. The van der Waals surface area contributed by atoms with Crippen molar-refractivity contribution in [1.82, 2.24) is 5.32 Å². The van der Waals surface area contributed by atoms with Gasteiger partial charge in [-0.1, -0.05) is 36.4 Å². The van der Waals surface area contributed by atoms with E-state index in [-0.39, 0.29) is 18.7 Å². The molecule has 0 aromatic heterocycles. The van der Waals surface area contributed by atoms with Crippen molar-refractivity contribution in [3.05, 3.63) is 42.5 Å². The summed E-state index contributed by atoms with van der Waals surface area (Å²) in [7, 11) is 2.40. The van der Waals surface area contributed by atoms with E-state index < -0.39 is 18.0 Å². The Bertz CT molecular complexity index is 799. The van der Waals surface area contributed by atoms with Crippen molar-refractivity contribution in [1.29, 1.82) is 0 Å². The number of esters is 2. The number of hydrogen-bond acceptors (Lipinski definition) is 6. The Morgan fingerprint density at radius 1 is 1.00 bits per heavy atom. The third kappa shape index (κ3) is 5.99. The molecule has 0 aliphatic carbocycles. The lowest BCUT2D eigenvalue weighted by Crippen LogP contribution is -2.43. The van der Waals surface area contributed by atoms with Crippen molar-refractivity contribution in [3.8, 4) is 5.75 Å². The molecule has 0 spiro atoms. The van der Waals surface area contributed by atoms with Crippen molar-refractivity contribution < 1.29 is 28.6 Å². The number of amides is 1. The van der Waals surface area contributed by atoms with Crippen LogP contribution in [0.15, 0.2) is 42.5 Å². The highest BCUT2D eigenvalue weighted by Crippen LogP contribution is 2.25. The Kier molecular flexibility index (Phi) is 7.61. The zero-order valence-corrected chi connectivity index (χ0v) is 15.4. The van der Waals surface area contributed by atoms with Crippen molar-refractivity contribution in [2.24, 2.45) is 0 Å². The fourth-order valence-corrected chi connectivity index (χ4v) is 2.59. The third-order valence-electron chi connectivity index (χ3n) is 3.97. The molecule has 0 heterocycles. The summed E-state index contributed by atoms with van der Waals surface area (Å²) in [4.78, 5) is 35.1. The maximum absolute atomic E-state index is 12.0. The fraction of sp³-hybridized carbons (Fsp3) is 0.350. The summed E-state index contributed by atoms with van der Waals surface area (Å²) in [5.74, 6) is -0.909. The van der Waals surface area contributed by atoms with Crippen LogP contribution in [-0.2, 0) is 23.9 Å². The van der Waals surface area contributed by atoms with Crippen LogP contribution in [-0.4, -0.2) is 44.7 Å². The Morgan fingerprint density at radius 3 is 2.48 bits per heavy atom. The third-order valence-corrected chi connectivity index (χ3v) is 3.97. The van der Waals surface area contributed by atoms with Crippen LogP contribution in [0, 0.1) is 0 Å². The maximum atomic E-state index is 12.0. The van der Waals surface area contributed by atoms with Gasteiger partial charge in [0, 0.05) is 11.8 Å².